The van der Waals surface area contributed by atoms with Crippen molar-refractivity contribution in [3.63, 3.8) is 0 Å². The smallest absolute Gasteiger partial charge is 0.255 e. The number of carbonyl (C=O) groups excluding carboxylic acids is 1. The van der Waals surface area contributed by atoms with Gasteiger partial charge in [0.25, 0.3) is 5.91 Å². The highest BCUT2D eigenvalue weighted by Crippen LogP contribution is 2.36. The number of benzene rings is 3. The van der Waals surface area contributed by atoms with Crippen LogP contribution in [0.4, 0.5) is 4.39 Å². The van der Waals surface area contributed by atoms with E-state index < -0.39 is 11.9 Å². The van der Waals surface area contributed by atoms with Crippen molar-refractivity contribution in [1.29, 1.82) is 0 Å². The molecule has 1 aliphatic rings. The number of ether oxygens (including phenoxy) is 4. The number of amides is 1. The minimum Gasteiger partial charge on any atom is -0.497 e. The van der Waals surface area contributed by atoms with E-state index in [0.29, 0.717) is 29.4 Å². The molecule has 4 rings (SSSR count). The van der Waals surface area contributed by atoms with Gasteiger partial charge < -0.3 is 23.8 Å². The van der Waals surface area contributed by atoms with Crippen molar-refractivity contribution >= 4 is 5.91 Å². The summed E-state index contributed by atoms with van der Waals surface area (Å²) in [5.74, 6) is 1.83. The Balaban J connectivity index is 1.66. The molecule has 1 atom stereocenters. The molecule has 1 amide bonds. The van der Waals surface area contributed by atoms with Gasteiger partial charge in [-0.15, -0.1) is 0 Å². The Labute approximate surface area is 186 Å². The SMILES string of the molecule is COc1ccc(OCC(c2ccc(OC)c(OC)c2)N2Cc3ccc(F)cc3C2=O)cc1. The molecule has 7 heteroatoms. The largest absolute Gasteiger partial charge is 0.497 e. The summed E-state index contributed by atoms with van der Waals surface area (Å²) in [5, 5.41) is 0. The molecule has 0 aromatic heterocycles. The molecular formula is C25H24FNO5. The molecule has 0 saturated heterocycles. The summed E-state index contributed by atoms with van der Waals surface area (Å²) < 4.78 is 35.8. The lowest BCUT2D eigenvalue weighted by atomic mass is 10.0. The Kier molecular flexibility index (Phi) is 6.16. The Hall–Kier alpha value is -3.74. The first kappa shape index (κ1) is 21.5. The summed E-state index contributed by atoms with van der Waals surface area (Å²) in [5.41, 5.74) is 1.98. The number of rotatable bonds is 8. The number of nitrogens with zero attached hydrogens (tertiary/aromatic N) is 1. The summed E-state index contributed by atoms with van der Waals surface area (Å²) in [7, 11) is 4.73. The van der Waals surface area contributed by atoms with Gasteiger partial charge in [0.15, 0.2) is 11.5 Å². The number of methoxy groups -OCH3 is 3. The maximum absolute atomic E-state index is 13.8. The van der Waals surface area contributed by atoms with E-state index in [1.807, 2.05) is 12.1 Å². The fourth-order valence-corrected chi connectivity index (χ4v) is 3.82. The zero-order chi connectivity index (χ0) is 22.7. The maximum atomic E-state index is 13.8. The number of hydrogen-bond acceptors (Lipinski definition) is 5. The highest BCUT2D eigenvalue weighted by molar-refractivity contribution is 5.98. The van der Waals surface area contributed by atoms with Gasteiger partial charge in [0.1, 0.15) is 23.9 Å². The lowest BCUT2D eigenvalue weighted by Crippen LogP contribution is -2.33. The van der Waals surface area contributed by atoms with E-state index in [0.717, 1.165) is 16.9 Å². The number of carbonyl (C=O) groups is 1. The summed E-state index contributed by atoms with van der Waals surface area (Å²) in [6, 6.07) is 16.6. The van der Waals surface area contributed by atoms with Crippen LogP contribution >= 0.6 is 0 Å². The molecule has 0 N–H and O–H groups in total. The van der Waals surface area contributed by atoms with Crippen molar-refractivity contribution < 1.29 is 28.1 Å². The van der Waals surface area contributed by atoms with Crippen LogP contribution in [-0.4, -0.2) is 38.7 Å². The zero-order valence-electron chi connectivity index (χ0n) is 18.1. The number of hydrogen-bond donors (Lipinski definition) is 0. The van der Waals surface area contributed by atoms with Gasteiger partial charge in [-0.3, -0.25) is 4.79 Å². The van der Waals surface area contributed by atoms with E-state index in [2.05, 4.69) is 0 Å². The van der Waals surface area contributed by atoms with Crippen LogP contribution < -0.4 is 18.9 Å². The Bertz CT molecular complexity index is 1120. The lowest BCUT2D eigenvalue weighted by Gasteiger charge is -2.29. The van der Waals surface area contributed by atoms with E-state index >= 15 is 0 Å². The quantitative estimate of drug-likeness (QED) is 0.514. The Morgan fingerprint density at radius 3 is 2.28 bits per heavy atom. The van der Waals surface area contributed by atoms with Crippen molar-refractivity contribution in [2.75, 3.05) is 27.9 Å². The van der Waals surface area contributed by atoms with Gasteiger partial charge in [-0.25, -0.2) is 4.39 Å². The average molecular weight is 437 g/mol. The van der Waals surface area contributed by atoms with Gasteiger partial charge in [-0.2, -0.15) is 0 Å². The fourth-order valence-electron chi connectivity index (χ4n) is 3.82. The molecule has 0 spiro atoms. The van der Waals surface area contributed by atoms with Crippen molar-refractivity contribution in [3.05, 3.63) is 83.2 Å². The van der Waals surface area contributed by atoms with Crippen LogP contribution in [0.5, 0.6) is 23.0 Å². The number of halogens is 1. The Morgan fingerprint density at radius 2 is 1.59 bits per heavy atom. The first-order chi connectivity index (χ1) is 15.5. The van der Waals surface area contributed by atoms with E-state index in [-0.39, 0.29) is 12.5 Å². The van der Waals surface area contributed by atoms with Crippen LogP contribution in [0.2, 0.25) is 0 Å². The second kappa shape index (κ2) is 9.18. The summed E-state index contributed by atoms with van der Waals surface area (Å²) in [6.07, 6.45) is 0. The molecule has 0 radical (unpaired) electrons. The van der Waals surface area contributed by atoms with Crippen molar-refractivity contribution in [2.45, 2.75) is 12.6 Å². The molecule has 6 nitrogen and oxygen atoms in total. The van der Waals surface area contributed by atoms with E-state index in [4.69, 9.17) is 18.9 Å². The number of fused-ring (bicyclic) bond motifs is 1. The maximum Gasteiger partial charge on any atom is 0.255 e. The lowest BCUT2D eigenvalue weighted by molar-refractivity contribution is 0.0635. The van der Waals surface area contributed by atoms with Gasteiger partial charge in [0, 0.05) is 12.1 Å². The van der Waals surface area contributed by atoms with Gasteiger partial charge in [-0.05, 0) is 59.7 Å². The van der Waals surface area contributed by atoms with Crippen LogP contribution in [0, 0.1) is 5.82 Å². The molecule has 166 valence electrons. The van der Waals surface area contributed by atoms with Crippen LogP contribution in [0.15, 0.2) is 60.7 Å². The molecule has 3 aromatic carbocycles. The van der Waals surface area contributed by atoms with E-state index in [9.17, 15) is 9.18 Å². The topological polar surface area (TPSA) is 57.2 Å². The first-order valence-corrected chi connectivity index (χ1v) is 10.1. The van der Waals surface area contributed by atoms with Gasteiger partial charge in [-0.1, -0.05) is 12.1 Å². The third-order valence-electron chi connectivity index (χ3n) is 5.54. The standard InChI is InChI=1S/C25H24FNO5/c1-29-19-7-9-20(10-8-19)32-15-22(16-5-11-23(30-2)24(12-16)31-3)27-14-17-4-6-18(26)13-21(17)25(27)28/h4-13,22H,14-15H2,1-3H3. The average Bonchev–Trinajstić information content (AvgIpc) is 3.15. The van der Waals surface area contributed by atoms with Gasteiger partial charge in [0.05, 0.1) is 27.4 Å². The minimum absolute atomic E-state index is 0.198. The normalized spacial score (nSPS) is 13.5. The van der Waals surface area contributed by atoms with Gasteiger partial charge in [0.2, 0.25) is 0 Å². The van der Waals surface area contributed by atoms with E-state index in [1.54, 1.807) is 62.6 Å². The van der Waals surface area contributed by atoms with Crippen molar-refractivity contribution in [1.82, 2.24) is 4.90 Å². The second-order valence-electron chi connectivity index (χ2n) is 7.35. The summed E-state index contributed by atoms with van der Waals surface area (Å²) in [6.45, 7) is 0.559. The molecule has 3 aromatic rings. The predicted molar refractivity (Wildman–Crippen MR) is 117 cm³/mol. The molecule has 0 fully saturated rings. The van der Waals surface area contributed by atoms with Gasteiger partial charge >= 0.3 is 0 Å². The molecule has 0 aliphatic carbocycles. The van der Waals surface area contributed by atoms with Crippen LogP contribution in [-0.2, 0) is 6.54 Å². The first-order valence-electron chi connectivity index (χ1n) is 10.1. The molecule has 1 aliphatic heterocycles. The molecular weight excluding hydrogens is 413 g/mol. The zero-order valence-corrected chi connectivity index (χ0v) is 18.1. The Morgan fingerprint density at radius 1 is 0.875 bits per heavy atom. The monoisotopic (exact) mass is 437 g/mol. The van der Waals surface area contributed by atoms with Crippen LogP contribution in [0.25, 0.3) is 0 Å². The molecule has 1 heterocycles. The predicted octanol–water partition coefficient (Wildman–Crippen LogP) is 4.63. The van der Waals surface area contributed by atoms with Crippen LogP contribution in [0.1, 0.15) is 27.5 Å². The van der Waals surface area contributed by atoms with Crippen molar-refractivity contribution in [2.24, 2.45) is 0 Å². The summed E-state index contributed by atoms with van der Waals surface area (Å²) in [4.78, 5) is 14.9. The van der Waals surface area contributed by atoms with E-state index in [1.165, 1.54) is 12.1 Å². The molecule has 0 bridgehead atoms. The third-order valence-corrected chi connectivity index (χ3v) is 5.54. The molecule has 32 heavy (non-hydrogen) atoms. The molecule has 1 unspecified atom stereocenters. The molecule has 0 saturated carbocycles. The highest BCUT2D eigenvalue weighted by Gasteiger charge is 2.34. The van der Waals surface area contributed by atoms with Crippen LogP contribution in [0.3, 0.4) is 0 Å². The van der Waals surface area contributed by atoms with Crippen molar-refractivity contribution in [3.8, 4) is 23.0 Å². The fraction of sp³-hybridized carbons (Fsp3) is 0.240. The minimum atomic E-state index is -0.434. The highest BCUT2D eigenvalue weighted by atomic mass is 19.1. The third kappa shape index (κ3) is 4.19. The second-order valence-corrected chi connectivity index (χ2v) is 7.35. The summed E-state index contributed by atoms with van der Waals surface area (Å²) >= 11 is 0.